The van der Waals surface area contributed by atoms with Gasteiger partial charge in [-0.3, -0.25) is 4.79 Å². The van der Waals surface area contributed by atoms with Gasteiger partial charge in [0.05, 0.1) is 15.9 Å². The van der Waals surface area contributed by atoms with Crippen LogP contribution in [-0.4, -0.2) is 18.6 Å². The number of amides is 1. The molecule has 0 fully saturated rings. The lowest BCUT2D eigenvalue weighted by atomic mass is 10.2. The summed E-state index contributed by atoms with van der Waals surface area (Å²) in [5.41, 5.74) is 1.70. The number of sulfonamides is 1. The SMILES string of the molecule is CCCCC/C=C(\Br)C(=O)N(Cc1ccccc1)S(=O)(=O)c1ccc(C)cc1. The molecule has 0 saturated heterocycles. The lowest BCUT2D eigenvalue weighted by Gasteiger charge is -2.23. The van der Waals surface area contributed by atoms with Crippen molar-refractivity contribution in [1.82, 2.24) is 4.31 Å². The normalized spacial score (nSPS) is 12.0. The summed E-state index contributed by atoms with van der Waals surface area (Å²) in [6, 6.07) is 15.7. The monoisotopic (exact) mass is 463 g/mol. The van der Waals surface area contributed by atoms with Crippen LogP contribution in [0.1, 0.15) is 43.7 Å². The second-order valence-corrected chi connectivity index (χ2v) is 9.38. The summed E-state index contributed by atoms with van der Waals surface area (Å²) in [6.45, 7) is 3.98. The maximum atomic E-state index is 13.2. The van der Waals surface area contributed by atoms with Crippen molar-refractivity contribution >= 4 is 31.9 Å². The molecule has 2 aromatic carbocycles. The van der Waals surface area contributed by atoms with Crippen molar-refractivity contribution < 1.29 is 13.2 Å². The topological polar surface area (TPSA) is 54.5 Å². The molecule has 1 amide bonds. The first-order valence-electron chi connectivity index (χ1n) is 9.39. The Hall–Kier alpha value is -1.92. The molecule has 0 aliphatic carbocycles. The Morgan fingerprint density at radius 1 is 1.04 bits per heavy atom. The molecule has 150 valence electrons. The Balaban J connectivity index is 2.36. The van der Waals surface area contributed by atoms with Crippen LogP contribution in [0.2, 0.25) is 0 Å². The van der Waals surface area contributed by atoms with E-state index in [1.54, 1.807) is 18.2 Å². The second kappa shape index (κ2) is 10.6. The van der Waals surface area contributed by atoms with Crippen molar-refractivity contribution in [3.8, 4) is 0 Å². The number of rotatable bonds is 9. The van der Waals surface area contributed by atoms with Gasteiger partial charge in [0.2, 0.25) is 0 Å². The number of benzene rings is 2. The van der Waals surface area contributed by atoms with Gasteiger partial charge in [-0.2, -0.15) is 0 Å². The molecule has 0 atom stereocenters. The zero-order valence-corrected chi connectivity index (χ0v) is 18.7. The number of carbonyl (C=O) groups is 1. The first-order chi connectivity index (χ1) is 13.4. The van der Waals surface area contributed by atoms with Crippen LogP contribution in [0.15, 0.2) is 70.1 Å². The number of unbranched alkanes of at least 4 members (excludes halogenated alkanes) is 3. The molecule has 0 N–H and O–H groups in total. The second-order valence-electron chi connectivity index (χ2n) is 6.66. The molecule has 0 spiro atoms. The molecule has 0 heterocycles. The van der Waals surface area contributed by atoms with Crippen LogP contribution in [0.3, 0.4) is 0 Å². The predicted octanol–water partition coefficient (Wildman–Crippen LogP) is 5.57. The molecule has 0 unspecified atom stereocenters. The fraction of sp³-hybridized carbons (Fsp3) is 0.318. The van der Waals surface area contributed by atoms with Crippen molar-refractivity contribution in [2.75, 3.05) is 0 Å². The summed E-state index contributed by atoms with van der Waals surface area (Å²) in [5.74, 6) is -0.555. The molecule has 0 aromatic heterocycles. The fourth-order valence-electron chi connectivity index (χ4n) is 2.68. The molecule has 0 aliphatic rings. The maximum Gasteiger partial charge on any atom is 0.274 e. The van der Waals surface area contributed by atoms with Gasteiger partial charge < -0.3 is 0 Å². The lowest BCUT2D eigenvalue weighted by Crippen LogP contribution is -2.36. The summed E-state index contributed by atoms with van der Waals surface area (Å²) >= 11 is 3.29. The third-order valence-electron chi connectivity index (χ3n) is 4.34. The number of hydrogen-bond acceptors (Lipinski definition) is 3. The van der Waals surface area contributed by atoms with E-state index >= 15 is 0 Å². The molecule has 2 rings (SSSR count). The molecule has 0 bridgehead atoms. The number of allylic oxidation sites excluding steroid dienone is 1. The van der Waals surface area contributed by atoms with Crippen molar-refractivity contribution in [2.45, 2.75) is 51.0 Å². The van der Waals surface area contributed by atoms with Crippen molar-refractivity contribution in [2.24, 2.45) is 0 Å². The van der Waals surface area contributed by atoms with Crippen LogP contribution >= 0.6 is 15.9 Å². The van der Waals surface area contributed by atoms with Crippen LogP contribution in [0.4, 0.5) is 0 Å². The van der Waals surface area contributed by atoms with E-state index in [-0.39, 0.29) is 15.9 Å². The Morgan fingerprint density at radius 2 is 1.68 bits per heavy atom. The molecule has 4 nitrogen and oxygen atoms in total. The third kappa shape index (κ3) is 6.04. The highest BCUT2D eigenvalue weighted by molar-refractivity contribution is 9.12. The van der Waals surface area contributed by atoms with E-state index in [1.165, 1.54) is 12.1 Å². The summed E-state index contributed by atoms with van der Waals surface area (Å²) in [6.07, 6.45) is 5.61. The van der Waals surface area contributed by atoms with Crippen molar-refractivity contribution in [1.29, 1.82) is 0 Å². The number of carbonyl (C=O) groups excluding carboxylic acids is 1. The van der Waals surface area contributed by atoms with Crippen LogP contribution in [-0.2, 0) is 21.4 Å². The zero-order valence-electron chi connectivity index (χ0n) is 16.3. The lowest BCUT2D eigenvalue weighted by molar-refractivity contribution is -0.122. The standard InChI is InChI=1S/C22H26BrNO3S/c1-3-4-5-9-12-21(23)22(25)24(17-19-10-7-6-8-11-19)28(26,27)20-15-13-18(2)14-16-20/h6-8,10-16H,3-5,9,17H2,1-2H3/b21-12-. The zero-order chi connectivity index (χ0) is 20.6. The van der Waals surface area contributed by atoms with Gasteiger partial charge in [0.1, 0.15) is 0 Å². The Bertz CT molecular complexity index is 907. The van der Waals surface area contributed by atoms with Crippen LogP contribution in [0.5, 0.6) is 0 Å². The minimum atomic E-state index is -3.98. The molecule has 2 aromatic rings. The number of nitrogens with zero attached hydrogens (tertiary/aromatic N) is 1. The minimum Gasteiger partial charge on any atom is -0.267 e. The average molecular weight is 464 g/mol. The van der Waals surface area contributed by atoms with Gasteiger partial charge in [-0.15, -0.1) is 0 Å². The summed E-state index contributed by atoms with van der Waals surface area (Å²) < 4.78 is 27.7. The van der Waals surface area contributed by atoms with Crippen LogP contribution < -0.4 is 0 Å². The average Bonchev–Trinajstić information content (AvgIpc) is 2.69. The molecule has 0 radical (unpaired) electrons. The van der Waals surface area contributed by atoms with Gasteiger partial charge >= 0.3 is 0 Å². The van der Waals surface area contributed by atoms with E-state index in [1.807, 2.05) is 37.3 Å². The Morgan fingerprint density at radius 3 is 2.29 bits per heavy atom. The molecule has 0 saturated carbocycles. The number of aryl methyl sites for hydroxylation is 1. The quantitative estimate of drug-likeness (QED) is 0.360. The van der Waals surface area contributed by atoms with E-state index in [0.717, 1.165) is 41.1 Å². The predicted molar refractivity (Wildman–Crippen MR) is 117 cm³/mol. The number of halogens is 1. The molecule has 28 heavy (non-hydrogen) atoms. The van der Waals surface area contributed by atoms with E-state index in [0.29, 0.717) is 0 Å². The summed E-state index contributed by atoms with van der Waals surface area (Å²) in [5, 5.41) is 0. The highest BCUT2D eigenvalue weighted by atomic mass is 79.9. The van der Waals surface area contributed by atoms with Gasteiger partial charge in [-0.25, -0.2) is 12.7 Å². The summed E-state index contributed by atoms with van der Waals surface area (Å²) in [4.78, 5) is 13.1. The Kier molecular flexibility index (Phi) is 8.45. The molecular formula is C22H26BrNO3S. The van der Waals surface area contributed by atoms with Gasteiger partial charge in [0.25, 0.3) is 15.9 Å². The first-order valence-corrected chi connectivity index (χ1v) is 11.6. The highest BCUT2D eigenvalue weighted by Crippen LogP contribution is 2.23. The highest BCUT2D eigenvalue weighted by Gasteiger charge is 2.30. The van der Waals surface area contributed by atoms with Gasteiger partial charge in [-0.05, 0) is 53.4 Å². The molecule has 6 heteroatoms. The van der Waals surface area contributed by atoms with E-state index < -0.39 is 15.9 Å². The number of hydrogen-bond donors (Lipinski definition) is 0. The van der Waals surface area contributed by atoms with Crippen molar-refractivity contribution in [3.63, 3.8) is 0 Å². The van der Waals surface area contributed by atoms with E-state index in [4.69, 9.17) is 0 Å². The van der Waals surface area contributed by atoms with E-state index in [9.17, 15) is 13.2 Å². The van der Waals surface area contributed by atoms with Gasteiger partial charge in [0.15, 0.2) is 0 Å². The van der Waals surface area contributed by atoms with Crippen LogP contribution in [0, 0.1) is 6.92 Å². The van der Waals surface area contributed by atoms with Crippen LogP contribution in [0.25, 0.3) is 0 Å². The molecule has 0 aliphatic heterocycles. The molecular weight excluding hydrogens is 438 g/mol. The first kappa shape index (κ1) is 22.4. The Labute approximate surface area is 176 Å². The third-order valence-corrected chi connectivity index (χ3v) is 6.75. The van der Waals surface area contributed by atoms with Gasteiger partial charge in [0, 0.05) is 0 Å². The largest absolute Gasteiger partial charge is 0.274 e. The minimum absolute atomic E-state index is 0.0201. The smallest absolute Gasteiger partial charge is 0.267 e. The van der Waals surface area contributed by atoms with Crippen molar-refractivity contribution in [3.05, 3.63) is 76.3 Å². The fourth-order valence-corrected chi connectivity index (χ4v) is 4.61. The van der Waals surface area contributed by atoms with Gasteiger partial charge in [-0.1, -0.05) is 73.9 Å². The summed E-state index contributed by atoms with van der Waals surface area (Å²) in [7, 11) is -3.98. The van der Waals surface area contributed by atoms with E-state index in [2.05, 4.69) is 22.9 Å². The maximum absolute atomic E-state index is 13.2.